The smallest absolute Gasteiger partial charge is 0.258 e. The van der Waals surface area contributed by atoms with Crippen LogP contribution in [0, 0.1) is 6.92 Å². The summed E-state index contributed by atoms with van der Waals surface area (Å²) < 4.78 is 0.838. The third kappa shape index (κ3) is 2.87. The molecule has 18 heavy (non-hydrogen) atoms. The van der Waals surface area contributed by atoms with Gasteiger partial charge in [0.1, 0.15) is 5.82 Å². The summed E-state index contributed by atoms with van der Waals surface area (Å²) in [5.74, 6) is 0.240. The number of halogens is 1. The van der Waals surface area contributed by atoms with E-state index in [1.165, 1.54) is 0 Å². The van der Waals surface area contributed by atoms with Crippen LogP contribution in [0.5, 0.6) is 0 Å². The summed E-state index contributed by atoms with van der Waals surface area (Å²) in [6.45, 7) is 1.94. The predicted molar refractivity (Wildman–Crippen MR) is 75.5 cm³/mol. The van der Waals surface area contributed by atoms with E-state index in [4.69, 9.17) is 5.73 Å². The van der Waals surface area contributed by atoms with Gasteiger partial charge >= 0.3 is 0 Å². The molecule has 5 heteroatoms. The van der Waals surface area contributed by atoms with Crippen molar-refractivity contribution in [2.45, 2.75) is 6.92 Å². The number of benzene rings is 1. The number of hydrogen-bond acceptors (Lipinski definition) is 3. The van der Waals surface area contributed by atoms with E-state index in [-0.39, 0.29) is 5.91 Å². The molecule has 1 amide bonds. The van der Waals surface area contributed by atoms with Crippen LogP contribution in [0.3, 0.4) is 0 Å². The van der Waals surface area contributed by atoms with Crippen LogP contribution in [0.1, 0.15) is 15.9 Å². The van der Waals surface area contributed by atoms with Crippen molar-refractivity contribution in [3.05, 3.63) is 52.1 Å². The maximum absolute atomic E-state index is 12.0. The fourth-order valence-electron chi connectivity index (χ4n) is 1.47. The zero-order chi connectivity index (χ0) is 13.1. The lowest BCUT2D eigenvalue weighted by Crippen LogP contribution is -2.14. The molecular formula is C13H12BrN3O. The highest BCUT2D eigenvalue weighted by Crippen LogP contribution is 2.19. The number of amides is 1. The first-order chi connectivity index (χ1) is 8.56. The van der Waals surface area contributed by atoms with Crippen LogP contribution in [0.4, 0.5) is 11.5 Å². The molecule has 3 N–H and O–H groups in total. The quantitative estimate of drug-likeness (QED) is 0.838. The summed E-state index contributed by atoms with van der Waals surface area (Å²) in [6, 6.07) is 8.77. The molecule has 2 rings (SSSR count). The van der Waals surface area contributed by atoms with Gasteiger partial charge in [-0.25, -0.2) is 4.98 Å². The van der Waals surface area contributed by atoms with E-state index in [0.717, 1.165) is 10.0 Å². The molecular weight excluding hydrogens is 294 g/mol. The van der Waals surface area contributed by atoms with Gasteiger partial charge in [-0.15, -0.1) is 0 Å². The molecule has 1 aromatic carbocycles. The summed E-state index contributed by atoms with van der Waals surface area (Å²) in [6.07, 6.45) is 1.69. The van der Waals surface area contributed by atoms with Crippen LogP contribution in [0.25, 0.3) is 0 Å². The van der Waals surface area contributed by atoms with Crippen molar-refractivity contribution in [2.75, 3.05) is 11.1 Å². The van der Waals surface area contributed by atoms with Crippen molar-refractivity contribution in [1.82, 2.24) is 4.98 Å². The van der Waals surface area contributed by atoms with Gasteiger partial charge in [0.25, 0.3) is 5.91 Å². The Hall–Kier alpha value is -1.88. The van der Waals surface area contributed by atoms with Crippen molar-refractivity contribution in [3.8, 4) is 0 Å². The van der Waals surface area contributed by atoms with Gasteiger partial charge in [0, 0.05) is 16.4 Å². The monoisotopic (exact) mass is 305 g/mol. The molecule has 0 saturated carbocycles. The molecule has 0 aliphatic rings. The van der Waals surface area contributed by atoms with Crippen LogP contribution in [0.2, 0.25) is 0 Å². The Balaban J connectivity index is 2.19. The van der Waals surface area contributed by atoms with Gasteiger partial charge in [0.2, 0.25) is 0 Å². The molecule has 0 bridgehead atoms. The fraction of sp³-hybridized carbons (Fsp3) is 0.0769. The third-order valence-corrected chi connectivity index (χ3v) is 2.90. The zero-order valence-electron chi connectivity index (χ0n) is 9.77. The van der Waals surface area contributed by atoms with Crippen molar-refractivity contribution < 1.29 is 4.79 Å². The predicted octanol–water partition coefficient (Wildman–Crippen LogP) is 2.99. The minimum Gasteiger partial charge on any atom is -0.398 e. The molecule has 0 fully saturated rings. The second-order valence-corrected chi connectivity index (χ2v) is 4.82. The lowest BCUT2D eigenvalue weighted by atomic mass is 10.1. The number of nitrogens with two attached hydrogens (primary N) is 1. The molecule has 0 aliphatic heterocycles. The molecule has 1 aromatic heterocycles. The number of nitrogen functional groups attached to an aromatic ring is 1. The van der Waals surface area contributed by atoms with E-state index in [2.05, 4.69) is 26.2 Å². The first-order valence-electron chi connectivity index (χ1n) is 5.35. The Labute approximate surface area is 113 Å². The second kappa shape index (κ2) is 5.18. The van der Waals surface area contributed by atoms with Crippen molar-refractivity contribution in [2.24, 2.45) is 0 Å². The van der Waals surface area contributed by atoms with Crippen molar-refractivity contribution in [3.63, 3.8) is 0 Å². The fourth-order valence-corrected chi connectivity index (χ4v) is 1.84. The van der Waals surface area contributed by atoms with E-state index >= 15 is 0 Å². The molecule has 0 saturated heterocycles. The van der Waals surface area contributed by atoms with E-state index in [1.807, 2.05) is 13.0 Å². The first kappa shape index (κ1) is 12.6. The van der Waals surface area contributed by atoms with Gasteiger partial charge in [-0.2, -0.15) is 0 Å². The second-order valence-electron chi connectivity index (χ2n) is 3.91. The number of aromatic nitrogens is 1. The van der Waals surface area contributed by atoms with E-state index in [9.17, 15) is 4.79 Å². The number of pyridine rings is 1. The highest BCUT2D eigenvalue weighted by atomic mass is 79.9. The average molecular weight is 306 g/mol. The van der Waals surface area contributed by atoms with Gasteiger partial charge in [-0.3, -0.25) is 4.79 Å². The van der Waals surface area contributed by atoms with Gasteiger partial charge in [-0.1, -0.05) is 22.0 Å². The first-order valence-corrected chi connectivity index (χ1v) is 6.14. The topological polar surface area (TPSA) is 68.0 Å². The highest BCUT2D eigenvalue weighted by Gasteiger charge is 2.10. The van der Waals surface area contributed by atoms with Crippen molar-refractivity contribution in [1.29, 1.82) is 0 Å². The number of nitrogens with one attached hydrogen (secondary N) is 1. The maximum atomic E-state index is 12.0. The van der Waals surface area contributed by atoms with E-state index in [0.29, 0.717) is 17.1 Å². The number of anilines is 2. The number of rotatable bonds is 2. The normalized spacial score (nSPS) is 10.1. The molecule has 0 unspecified atom stereocenters. The van der Waals surface area contributed by atoms with Gasteiger partial charge in [0.15, 0.2) is 0 Å². The van der Waals surface area contributed by atoms with Crippen LogP contribution in [0.15, 0.2) is 41.0 Å². The number of carbonyl (C=O) groups is 1. The van der Waals surface area contributed by atoms with E-state index < -0.39 is 0 Å². The maximum Gasteiger partial charge on any atom is 0.258 e. The summed E-state index contributed by atoms with van der Waals surface area (Å²) in [7, 11) is 0. The summed E-state index contributed by atoms with van der Waals surface area (Å²) in [5, 5.41) is 2.70. The molecule has 0 spiro atoms. The minimum atomic E-state index is -0.267. The molecule has 0 radical (unpaired) electrons. The van der Waals surface area contributed by atoms with Crippen LogP contribution in [-0.2, 0) is 0 Å². The van der Waals surface area contributed by atoms with Crippen molar-refractivity contribution >= 4 is 33.3 Å². The molecule has 92 valence electrons. The Morgan fingerprint density at radius 1 is 1.33 bits per heavy atom. The summed E-state index contributed by atoms with van der Waals surface area (Å²) in [4.78, 5) is 16.1. The highest BCUT2D eigenvalue weighted by molar-refractivity contribution is 9.10. The SMILES string of the molecule is Cc1ccc(NC(=O)c2ccc(Br)cc2N)nc1. The van der Waals surface area contributed by atoms with Gasteiger partial charge in [-0.05, 0) is 36.8 Å². The Kier molecular flexibility index (Phi) is 3.62. The number of aryl methyl sites for hydroxylation is 1. The van der Waals surface area contributed by atoms with E-state index in [1.54, 1.807) is 30.5 Å². The lowest BCUT2D eigenvalue weighted by molar-refractivity contribution is 0.102. The lowest BCUT2D eigenvalue weighted by Gasteiger charge is -2.07. The number of nitrogens with zero attached hydrogens (tertiary/aromatic N) is 1. The Bertz CT molecular complexity index is 581. The zero-order valence-corrected chi connectivity index (χ0v) is 11.4. The van der Waals surface area contributed by atoms with Crippen LogP contribution < -0.4 is 11.1 Å². The number of carbonyl (C=O) groups excluding carboxylic acids is 1. The molecule has 1 heterocycles. The van der Waals surface area contributed by atoms with Gasteiger partial charge in [0.05, 0.1) is 5.56 Å². The molecule has 2 aromatic rings. The molecule has 4 nitrogen and oxygen atoms in total. The molecule has 0 atom stereocenters. The molecule has 0 aliphatic carbocycles. The Morgan fingerprint density at radius 2 is 2.11 bits per heavy atom. The number of hydrogen-bond donors (Lipinski definition) is 2. The third-order valence-electron chi connectivity index (χ3n) is 2.41. The van der Waals surface area contributed by atoms with Crippen LogP contribution in [-0.4, -0.2) is 10.9 Å². The Morgan fingerprint density at radius 3 is 2.72 bits per heavy atom. The van der Waals surface area contributed by atoms with Crippen LogP contribution >= 0.6 is 15.9 Å². The average Bonchev–Trinajstić information content (AvgIpc) is 2.32. The summed E-state index contributed by atoms with van der Waals surface area (Å²) in [5.41, 5.74) is 7.68. The minimum absolute atomic E-state index is 0.267. The standard InChI is InChI=1S/C13H12BrN3O/c1-8-2-5-12(16-7-8)17-13(18)10-4-3-9(14)6-11(10)15/h2-7H,15H2,1H3,(H,16,17,18). The van der Waals surface area contributed by atoms with Gasteiger partial charge < -0.3 is 11.1 Å². The summed E-state index contributed by atoms with van der Waals surface area (Å²) >= 11 is 3.30. The largest absolute Gasteiger partial charge is 0.398 e.